The Hall–Kier alpha value is -2.50. The molecule has 0 radical (unpaired) electrons. The molecule has 0 saturated heterocycles. The maximum atomic E-state index is 11.6. The van der Waals surface area contributed by atoms with E-state index in [-0.39, 0.29) is 5.91 Å². The summed E-state index contributed by atoms with van der Waals surface area (Å²) in [4.78, 5) is 11.6. The van der Waals surface area contributed by atoms with Crippen LogP contribution in [0.2, 0.25) is 0 Å². The minimum Gasteiger partial charge on any atom is -0.479 e. The van der Waals surface area contributed by atoms with E-state index in [4.69, 9.17) is 4.74 Å². The quantitative estimate of drug-likeness (QED) is 0.904. The van der Waals surface area contributed by atoms with Crippen molar-refractivity contribution in [1.82, 2.24) is 9.78 Å². The van der Waals surface area contributed by atoms with E-state index in [1.54, 1.807) is 6.92 Å². The molecular formula is C15H18N4O2. The predicted octanol–water partition coefficient (Wildman–Crippen LogP) is 2.23. The number of aromatic nitrogens is 2. The van der Waals surface area contributed by atoms with Crippen molar-refractivity contribution in [3.8, 4) is 5.75 Å². The zero-order chi connectivity index (χ0) is 14.8. The Morgan fingerprint density at radius 2 is 2.33 bits per heavy atom. The number of fused-ring (bicyclic) bond motifs is 1. The first kappa shape index (κ1) is 13.5. The highest BCUT2D eigenvalue weighted by Crippen LogP contribution is 2.32. The zero-order valence-electron chi connectivity index (χ0n) is 12.1. The van der Waals surface area contributed by atoms with Crippen LogP contribution in [0.4, 0.5) is 11.4 Å². The van der Waals surface area contributed by atoms with E-state index >= 15 is 0 Å². The Morgan fingerprint density at radius 1 is 1.48 bits per heavy atom. The lowest BCUT2D eigenvalue weighted by atomic mass is 10.2. The molecule has 21 heavy (non-hydrogen) atoms. The summed E-state index contributed by atoms with van der Waals surface area (Å²) in [5.74, 6) is 0.579. The number of anilines is 2. The molecule has 0 bridgehead atoms. The first-order valence-electron chi connectivity index (χ1n) is 7.02. The molecule has 0 fully saturated rings. The molecule has 2 heterocycles. The minimum absolute atomic E-state index is 0.121. The second kappa shape index (κ2) is 5.47. The van der Waals surface area contributed by atoms with Gasteiger partial charge in [-0.2, -0.15) is 5.10 Å². The monoisotopic (exact) mass is 286 g/mol. The molecule has 1 unspecified atom stereocenters. The van der Waals surface area contributed by atoms with Crippen molar-refractivity contribution in [2.75, 3.05) is 10.6 Å². The summed E-state index contributed by atoms with van der Waals surface area (Å²) in [5.41, 5.74) is 2.74. The molecule has 1 aromatic carbocycles. The van der Waals surface area contributed by atoms with Crippen molar-refractivity contribution in [2.45, 2.75) is 33.0 Å². The van der Waals surface area contributed by atoms with Gasteiger partial charge in [-0.1, -0.05) is 0 Å². The van der Waals surface area contributed by atoms with E-state index in [2.05, 4.69) is 22.7 Å². The van der Waals surface area contributed by atoms with E-state index in [1.807, 2.05) is 35.3 Å². The molecule has 3 rings (SSSR count). The molecule has 110 valence electrons. The maximum Gasteiger partial charge on any atom is 0.265 e. The van der Waals surface area contributed by atoms with Gasteiger partial charge >= 0.3 is 0 Å². The fraction of sp³-hybridized carbons (Fsp3) is 0.333. The molecule has 0 saturated carbocycles. The van der Waals surface area contributed by atoms with E-state index in [0.29, 0.717) is 18.0 Å². The molecule has 1 aromatic heterocycles. The van der Waals surface area contributed by atoms with Crippen LogP contribution in [0.25, 0.3) is 0 Å². The summed E-state index contributed by atoms with van der Waals surface area (Å²) in [6.45, 7) is 5.33. The fourth-order valence-electron chi connectivity index (χ4n) is 2.19. The molecule has 6 nitrogen and oxygen atoms in total. The van der Waals surface area contributed by atoms with Crippen molar-refractivity contribution in [2.24, 2.45) is 0 Å². The molecule has 6 heteroatoms. The highest BCUT2D eigenvalue weighted by atomic mass is 16.5. The van der Waals surface area contributed by atoms with Crippen molar-refractivity contribution >= 4 is 17.3 Å². The number of aryl methyl sites for hydroxylation is 1. The largest absolute Gasteiger partial charge is 0.479 e. The molecule has 1 aliphatic rings. The Balaban J connectivity index is 1.69. The molecule has 0 spiro atoms. The normalized spacial score (nSPS) is 16.9. The molecule has 0 aliphatic carbocycles. The molecule has 1 aliphatic heterocycles. The Morgan fingerprint density at radius 3 is 3.10 bits per heavy atom. The van der Waals surface area contributed by atoms with Gasteiger partial charge in [-0.05, 0) is 32.0 Å². The molecule has 2 aromatic rings. The number of hydrogen-bond donors (Lipinski definition) is 2. The molecule has 1 amide bonds. The SMILES string of the molecule is CCn1cc(CNc2ccc3c(c2)NC(=O)C(C)O3)cn1. The highest BCUT2D eigenvalue weighted by Gasteiger charge is 2.23. The highest BCUT2D eigenvalue weighted by molar-refractivity contribution is 5.98. The van der Waals surface area contributed by atoms with Crippen LogP contribution >= 0.6 is 0 Å². The van der Waals surface area contributed by atoms with E-state index < -0.39 is 6.10 Å². The topological polar surface area (TPSA) is 68.2 Å². The Bertz CT molecular complexity index is 665. The lowest BCUT2D eigenvalue weighted by molar-refractivity contribution is -0.122. The minimum atomic E-state index is -0.448. The lowest BCUT2D eigenvalue weighted by Gasteiger charge is -2.23. The van der Waals surface area contributed by atoms with Crippen LogP contribution in [0, 0.1) is 0 Å². The number of rotatable bonds is 4. The fourth-order valence-corrected chi connectivity index (χ4v) is 2.19. The van der Waals surface area contributed by atoms with Crippen LogP contribution < -0.4 is 15.4 Å². The Labute approximate surface area is 123 Å². The Kier molecular flexibility index (Phi) is 3.51. The molecule has 2 N–H and O–H groups in total. The summed E-state index contributed by atoms with van der Waals surface area (Å²) in [5, 5.41) is 10.4. The number of hydrogen-bond acceptors (Lipinski definition) is 4. The molecule has 1 atom stereocenters. The van der Waals surface area contributed by atoms with Crippen molar-refractivity contribution < 1.29 is 9.53 Å². The standard InChI is InChI=1S/C15H18N4O2/c1-3-19-9-11(8-17-19)7-16-12-4-5-14-13(6-12)18-15(20)10(2)21-14/h4-6,8-10,16H,3,7H2,1-2H3,(H,18,20). The van der Waals surface area contributed by atoms with E-state index in [0.717, 1.165) is 17.8 Å². The van der Waals surface area contributed by atoms with Crippen LogP contribution in [0.1, 0.15) is 19.4 Å². The lowest BCUT2D eigenvalue weighted by Crippen LogP contribution is -2.34. The van der Waals surface area contributed by atoms with Crippen molar-refractivity contribution in [1.29, 1.82) is 0 Å². The van der Waals surface area contributed by atoms with Crippen LogP contribution in [0.15, 0.2) is 30.6 Å². The maximum absolute atomic E-state index is 11.6. The van der Waals surface area contributed by atoms with Gasteiger partial charge < -0.3 is 15.4 Å². The number of ether oxygens (including phenoxy) is 1. The summed E-state index contributed by atoms with van der Waals surface area (Å²) in [6, 6.07) is 5.68. The summed E-state index contributed by atoms with van der Waals surface area (Å²) >= 11 is 0. The van der Waals surface area contributed by atoms with Gasteiger partial charge in [0, 0.05) is 30.5 Å². The second-order valence-electron chi connectivity index (χ2n) is 5.02. The number of benzene rings is 1. The summed E-state index contributed by atoms with van der Waals surface area (Å²) < 4.78 is 7.41. The van der Waals surface area contributed by atoms with E-state index in [1.165, 1.54) is 0 Å². The van der Waals surface area contributed by atoms with Gasteiger partial charge in [0.15, 0.2) is 6.10 Å². The first-order valence-corrected chi connectivity index (χ1v) is 7.02. The average Bonchev–Trinajstić information content (AvgIpc) is 2.94. The van der Waals surface area contributed by atoms with Crippen LogP contribution in [0.3, 0.4) is 0 Å². The third-order valence-corrected chi connectivity index (χ3v) is 3.42. The van der Waals surface area contributed by atoms with Gasteiger partial charge in [-0.3, -0.25) is 9.48 Å². The second-order valence-corrected chi connectivity index (χ2v) is 5.02. The van der Waals surface area contributed by atoms with Crippen molar-refractivity contribution in [3.63, 3.8) is 0 Å². The summed E-state index contributed by atoms with van der Waals surface area (Å²) in [7, 11) is 0. The third-order valence-electron chi connectivity index (χ3n) is 3.42. The zero-order valence-corrected chi connectivity index (χ0v) is 12.1. The van der Waals surface area contributed by atoms with E-state index in [9.17, 15) is 4.79 Å². The average molecular weight is 286 g/mol. The molecular weight excluding hydrogens is 268 g/mol. The van der Waals surface area contributed by atoms with Crippen LogP contribution in [0.5, 0.6) is 5.75 Å². The van der Waals surface area contributed by atoms with Gasteiger partial charge in [-0.15, -0.1) is 0 Å². The van der Waals surface area contributed by atoms with Crippen LogP contribution in [-0.4, -0.2) is 21.8 Å². The van der Waals surface area contributed by atoms with Crippen LogP contribution in [-0.2, 0) is 17.9 Å². The predicted molar refractivity (Wildman–Crippen MR) is 80.4 cm³/mol. The van der Waals surface area contributed by atoms with Gasteiger partial charge in [-0.25, -0.2) is 0 Å². The first-order chi connectivity index (χ1) is 10.2. The number of carbonyl (C=O) groups excluding carboxylic acids is 1. The number of carbonyl (C=O) groups is 1. The number of amides is 1. The van der Waals surface area contributed by atoms with Gasteiger partial charge in [0.05, 0.1) is 11.9 Å². The number of nitrogens with one attached hydrogen (secondary N) is 2. The smallest absolute Gasteiger partial charge is 0.265 e. The number of nitrogens with zero attached hydrogens (tertiary/aromatic N) is 2. The van der Waals surface area contributed by atoms with Crippen molar-refractivity contribution in [3.05, 3.63) is 36.2 Å². The van der Waals surface area contributed by atoms with Gasteiger partial charge in [0.2, 0.25) is 0 Å². The summed E-state index contributed by atoms with van der Waals surface area (Å²) in [6.07, 6.45) is 3.41. The van der Waals surface area contributed by atoms with Gasteiger partial charge in [0.1, 0.15) is 5.75 Å². The third kappa shape index (κ3) is 2.84. The van der Waals surface area contributed by atoms with Gasteiger partial charge in [0.25, 0.3) is 5.91 Å².